The summed E-state index contributed by atoms with van der Waals surface area (Å²) in [7, 11) is 0. The van der Waals surface area contributed by atoms with Crippen molar-refractivity contribution in [2.45, 2.75) is 19.4 Å². The van der Waals surface area contributed by atoms with Crippen molar-refractivity contribution in [3.8, 4) is 0 Å². The maximum Gasteiger partial charge on any atom is 0.121 e. The molecule has 1 aromatic rings. The van der Waals surface area contributed by atoms with Gasteiger partial charge >= 0.3 is 0 Å². The van der Waals surface area contributed by atoms with E-state index in [4.69, 9.17) is 10.2 Å². The van der Waals surface area contributed by atoms with E-state index in [-0.39, 0.29) is 6.04 Å². The topological polar surface area (TPSA) is 39.2 Å². The molecule has 1 atom stereocenters. The van der Waals surface area contributed by atoms with Crippen LogP contribution in [0.4, 0.5) is 0 Å². The summed E-state index contributed by atoms with van der Waals surface area (Å²) in [4.78, 5) is 0. The zero-order chi connectivity index (χ0) is 7.56. The van der Waals surface area contributed by atoms with E-state index in [9.17, 15) is 0 Å². The molecule has 0 saturated heterocycles. The number of hydrogen-bond acceptors (Lipinski definition) is 2. The molecule has 1 heterocycles. The van der Waals surface area contributed by atoms with Gasteiger partial charge < -0.3 is 10.2 Å². The molecule has 0 aliphatic rings. The zero-order valence-corrected chi connectivity index (χ0v) is 7.39. The Balaban J connectivity index is 2.74. The van der Waals surface area contributed by atoms with Gasteiger partial charge in [0.1, 0.15) is 12.0 Å². The Morgan fingerprint density at radius 1 is 1.80 bits per heavy atom. The van der Waals surface area contributed by atoms with Crippen LogP contribution in [-0.4, -0.2) is 0 Å². The number of halogens is 1. The van der Waals surface area contributed by atoms with Crippen molar-refractivity contribution in [2.24, 2.45) is 5.73 Å². The van der Waals surface area contributed by atoms with E-state index in [0.29, 0.717) is 0 Å². The van der Waals surface area contributed by atoms with Gasteiger partial charge in [0.25, 0.3) is 0 Å². The maximum absolute atomic E-state index is 5.69. The van der Waals surface area contributed by atoms with Gasteiger partial charge in [-0.2, -0.15) is 0 Å². The molecule has 0 aliphatic heterocycles. The molecule has 0 bridgehead atoms. The summed E-state index contributed by atoms with van der Waals surface area (Å²) in [6.07, 6.45) is 2.55. The maximum atomic E-state index is 5.69. The van der Waals surface area contributed by atoms with Crippen LogP contribution in [0.25, 0.3) is 0 Å². The second-order valence-corrected chi connectivity index (χ2v) is 3.10. The largest absolute Gasteiger partial charge is 0.466 e. The highest BCUT2D eigenvalue weighted by Gasteiger charge is 2.06. The molecular formula is C7H10BrNO. The van der Waals surface area contributed by atoms with Gasteiger partial charge in [-0.15, -0.1) is 0 Å². The standard InChI is InChI=1S/C7H10BrNO/c1-2-6(9)7-3-5(8)4-10-7/h3-4,6H,2,9H2,1H3/t6-/m1/s1. The average molecular weight is 204 g/mol. The quantitative estimate of drug-likeness (QED) is 0.803. The average Bonchev–Trinajstić information content (AvgIpc) is 2.34. The van der Waals surface area contributed by atoms with Crippen LogP contribution < -0.4 is 5.73 Å². The molecule has 56 valence electrons. The summed E-state index contributed by atoms with van der Waals surface area (Å²) in [5, 5.41) is 0. The van der Waals surface area contributed by atoms with Gasteiger partial charge in [-0.25, -0.2) is 0 Å². The first kappa shape index (κ1) is 7.82. The molecular weight excluding hydrogens is 194 g/mol. The van der Waals surface area contributed by atoms with Crippen molar-refractivity contribution in [1.29, 1.82) is 0 Å². The van der Waals surface area contributed by atoms with Crippen molar-refractivity contribution in [3.05, 3.63) is 22.6 Å². The molecule has 3 heteroatoms. The highest BCUT2D eigenvalue weighted by molar-refractivity contribution is 9.10. The van der Waals surface area contributed by atoms with Crippen LogP contribution in [0.1, 0.15) is 25.1 Å². The van der Waals surface area contributed by atoms with Crippen LogP contribution in [0.2, 0.25) is 0 Å². The monoisotopic (exact) mass is 203 g/mol. The van der Waals surface area contributed by atoms with Gasteiger partial charge in [0, 0.05) is 0 Å². The molecule has 0 aromatic carbocycles. The van der Waals surface area contributed by atoms with Gasteiger partial charge in [-0.1, -0.05) is 6.92 Å². The molecule has 1 aromatic heterocycles. The van der Waals surface area contributed by atoms with E-state index < -0.39 is 0 Å². The van der Waals surface area contributed by atoms with Crippen molar-refractivity contribution in [3.63, 3.8) is 0 Å². The van der Waals surface area contributed by atoms with Crippen LogP contribution in [-0.2, 0) is 0 Å². The van der Waals surface area contributed by atoms with Crippen molar-refractivity contribution in [2.75, 3.05) is 0 Å². The van der Waals surface area contributed by atoms with E-state index in [1.807, 2.05) is 13.0 Å². The van der Waals surface area contributed by atoms with Gasteiger partial charge in [-0.3, -0.25) is 0 Å². The highest BCUT2D eigenvalue weighted by atomic mass is 79.9. The first-order valence-electron chi connectivity index (χ1n) is 3.23. The third-order valence-electron chi connectivity index (χ3n) is 1.39. The normalized spacial score (nSPS) is 13.5. The van der Waals surface area contributed by atoms with Crippen molar-refractivity contribution >= 4 is 15.9 Å². The Morgan fingerprint density at radius 3 is 2.90 bits per heavy atom. The van der Waals surface area contributed by atoms with Crippen LogP contribution in [0.3, 0.4) is 0 Å². The molecule has 0 spiro atoms. The molecule has 0 fully saturated rings. The van der Waals surface area contributed by atoms with Crippen LogP contribution >= 0.6 is 15.9 Å². The van der Waals surface area contributed by atoms with E-state index >= 15 is 0 Å². The van der Waals surface area contributed by atoms with Crippen LogP contribution in [0, 0.1) is 0 Å². The molecule has 10 heavy (non-hydrogen) atoms. The van der Waals surface area contributed by atoms with Crippen molar-refractivity contribution in [1.82, 2.24) is 0 Å². The Bertz CT molecular complexity index is 209. The fraction of sp³-hybridized carbons (Fsp3) is 0.429. The van der Waals surface area contributed by atoms with Crippen molar-refractivity contribution < 1.29 is 4.42 Å². The molecule has 2 nitrogen and oxygen atoms in total. The predicted molar refractivity (Wildman–Crippen MR) is 43.6 cm³/mol. The Hall–Kier alpha value is -0.280. The lowest BCUT2D eigenvalue weighted by molar-refractivity contribution is 0.460. The Labute approximate surface area is 68.5 Å². The summed E-state index contributed by atoms with van der Waals surface area (Å²) in [6.45, 7) is 2.03. The third kappa shape index (κ3) is 1.61. The lowest BCUT2D eigenvalue weighted by Gasteiger charge is -2.01. The second-order valence-electron chi connectivity index (χ2n) is 2.18. The summed E-state index contributed by atoms with van der Waals surface area (Å²) in [6, 6.07) is 1.93. The predicted octanol–water partition coefficient (Wildman–Crippen LogP) is 2.45. The van der Waals surface area contributed by atoms with Crippen LogP contribution in [0.5, 0.6) is 0 Å². The molecule has 2 N–H and O–H groups in total. The first-order valence-corrected chi connectivity index (χ1v) is 4.03. The number of hydrogen-bond donors (Lipinski definition) is 1. The fourth-order valence-electron chi connectivity index (χ4n) is 0.724. The molecule has 0 amide bonds. The van der Waals surface area contributed by atoms with E-state index in [1.54, 1.807) is 6.26 Å². The minimum atomic E-state index is 0.0336. The summed E-state index contributed by atoms with van der Waals surface area (Å²) >= 11 is 3.28. The molecule has 0 aliphatic carbocycles. The van der Waals surface area contributed by atoms with Gasteiger partial charge in [0.2, 0.25) is 0 Å². The third-order valence-corrected chi connectivity index (χ3v) is 1.81. The number of nitrogens with two attached hydrogens (primary N) is 1. The number of furan rings is 1. The number of rotatable bonds is 2. The zero-order valence-electron chi connectivity index (χ0n) is 5.80. The van der Waals surface area contributed by atoms with Gasteiger partial charge in [0.05, 0.1) is 10.5 Å². The molecule has 0 radical (unpaired) electrons. The molecule has 0 saturated carbocycles. The first-order chi connectivity index (χ1) is 4.74. The lowest BCUT2D eigenvalue weighted by Crippen LogP contribution is -2.06. The van der Waals surface area contributed by atoms with E-state index in [1.165, 1.54) is 0 Å². The van der Waals surface area contributed by atoms with Crippen LogP contribution in [0.15, 0.2) is 21.2 Å². The highest BCUT2D eigenvalue weighted by Crippen LogP contribution is 2.20. The minimum absolute atomic E-state index is 0.0336. The SMILES string of the molecule is CC[C@@H](N)c1cc(Br)co1. The lowest BCUT2D eigenvalue weighted by atomic mass is 10.2. The molecule has 0 unspecified atom stereocenters. The molecule has 1 rings (SSSR count). The second kappa shape index (κ2) is 3.21. The Morgan fingerprint density at radius 2 is 2.50 bits per heavy atom. The summed E-state index contributed by atoms with van der Waals surface area (Å²) < 4.78 is 6.10. The fourth-order valence-corrected chi connectivity index (χ4v) is 1.04. The minimum Gasteiger partial charge on any atom is -0.466 e. The van der Waals surface area contributed by atoms with Gasteiger partial charge in [-0.05, 0) is 28.4 Å². The Kier molecular flexibility index (Phi) is 2.51. The summed E-state index contributed by atoms with van der Waals surface area (Å²) in [5.41, 5.74) is 5.69. The van der Waals surface area contributed by atoms with E-state index in [2.05, 4.69) is 15.9 Å². The summed E-state index contributed by atoms with van der Waals surface area (Å²) in [5.74, 6) is 0.842. The van der Waals surface area contributed by atoms with Gasteiger partial charge in [0.15, 0.2) is 0 Å². The smallest absolute Gasteiger partial charge is 0.121 e. The van der Waals surface area contributed by atoms with E-state index in [0.717, 1.165) is 16.7 Å².